The number of aromatic amines is 1. The van der Waals surface area contributed by atoms with Crippen molar-refractivity contribution >= 4 is 16.9 Å². The number of nitrogens with zero attached hydrogens (tertiary/aromatic N) is 3. The van der Waals surface area contributed by atoms with E-state index in [2.05, 4.69) is 49.8 Å². The fraction of sp³-hybridized carbons (Fsp3) is 0.476. The van der Waals surface area contributed by atoms with Gasteiger partial charge in [-0.1, -0.05) is 19.9 Å². The van der Waals surface area contributed by atoms with Gasteiger partial charge >= 0.3 is 0 Å². The van der Waals surface area contributed by atoms with E-state index in [1.54, 1.807) is 0 Å². The van der Waals surface area contributed by atoms with Crippen LogP contribution >= 0.6 is 0 Å². The molecule has 6 heteroatoms. The van der Waals surface area contributed by atoms with Crippen LogP contribution in [0.5, 0.6) is 0 Å². The molecular formula is C21H26N4O2. The molecule has 6 nitrogen and oxygen atoms in total. The average molecular weight is 366 g/mol. The van der Waals surface area contributed by atoms with E-state index in [4.69, 9.17) is 9.40 Å². The van der Waals surface area contributed by atoms with Crippen molar-refractivity contribution in [1.82, 2.24) is 19.9 Å². The summed E-state index contributed by atoms with van der Waals surface area (Å²) in [5.41, 5.74) is 5.37. The number of rotatable bonds is 4. The summed E-state index contributed by atoms with van der Waals surface area (Å²) < 4.78 is 5.82. The van der Waals surface area contributed by atoms with Crippen LogP contribution in [-0.4, -0.2) is 32.3 Å². The lowest BCUT2D eigenvalue weighted by Gasteiger charge is -2.25. The molecule has 1 aromatic carbocycles. The Labute approximate surface area is 159 Å². The molecule has 0 bridgehead atoms. The monoisotopic (exact) mass is 366 g/mol. The summed E-state index contributed by atoms with van der Waals surface area (Å²) in [6.07, 6.45) is 1.80. The van der Waals surface area contributed by atoms with Crippen molar-refractivity contribution in [2.45, 2.75) is 59.4 Å². The number of carbonyl (C=O) groups is 1. The van der Waals surface area contributed by atoms with Gasteiger partial charge in [0.25, 0.3) is 0 Å². The van der Waals surface area contributed by atoms with Gasteiger partial charge in [0.05, 0.1) is 17.6 Å². The SMILES string of the molecule is Cc1ccc2[nH]c(CCC(=O)N3CCc4oc(C(C)C)nc4C3)nc2c1C. The lowest BCUT2D eigenvalue weighted by Crippen LogP contribution is -2.36. The van der Waals surface area contributed by atoms with Gasteiger partial charge in [0.2, 0.25) is 5.91 Å². The van der Waals surface area contributed by atoms with Gasteiger partial charge in [-0.2, -0.15) is 0 Å². The van der Waals surface area contributed by atoms with E-state index in [9.17, 15) is 4.79 Å². The van der Waals surface area contributed by atoms with Gasteiger partial charge < -0.3 is 14.3 Å². The van der Waals surface area contributed by atoms with Crippen LogP contribution in [0.2, 0.25) is 0 Å². The molecule has 1 N–H and O–H groups in total. The van der Waals surface area contributed by atoms with E-state index in [1.165, 1.54) is 11.1 Å². The van der Waals surface area contributed by atoms with Crippen LogP contribution < -0.4 is 0 Å². The fourth-order valence-corrected chi connectivity index (χ4v) is 3.54. The van der Waals surface area contributed by atoms with Crippen molar-refractivity contribution < 1.29 is 9.21 Å². The lowest BCUT2D eigenvalue weighted by molar-refractivity contribution is -0.132. The Morgan fingerprint density at radius 2 is 2.11 bits per heavy atom. The zero-order chi connectivity index (χ0) is 19.1. The first-order valence-corrected chi connectivity index (χ1v) is 9.63. The molecule has 1 aliphatic heterocycles. The molecule has 0 atom stereocenters. The average Bonchev–Trinajstić information content (AvgIpc) is 3.26. The Kier molecular flexibility index (Phi) is 4.50. The highest BCUT2D eigenvalue weighted by atomic mass is 16.4. The highest BCUT2D eigenvalue weighted by molar-refractivity contribution is 5.80. The number of aryl methyl sites for hydroxylation is 3. The topological polar surface area (TPSA) is 75.0 Å². The van der Waals surface area contributed by atoms with Gasteiger partial charge in [-0.15, -0.1) is 0 Å². The van der Waals surface area contributed by atoms with Crippen LogP contribution in [0.4, 0.5) is 0 Å². The summed E-state index contributed by atoms with van der Waals surface area (Å²) in [7, 11) is 0. The number of hydrogen-bond donors (Lipinski definition) is 1. The molecule has 0 saturated carbocycles. The predicted octanol–water partition coefficient (Wildman–Crippen LogP) is 3.81. The molecule has 27 heavy (non-hydrogen) atoms. The first-order valence-electron chi connectivity index (χ1n) is 9.63. The summed E-state index contributed by atoms with van der Waals surface area (Å²) in [6.45, 7) is 9.54. The minimum atomic E-state index is 0.142. The summed E-state index contributed by atoms with van der Waals surface area (Å²) >= 11 is 0. The molecule has 0 spiro atoms. The molecule has 0 unspecified atom stereocenters. The first-order chi connectivity index (χ1) is 12.9. The summed E-state index contributed by atoms with van der Waals surface area (Å²) in [5, 5.41) is 0. The molecule has 4 rings (SSSR count). The van der Waals surface area contributed by atoms with Gasteiger partial charge in [-0.3, -0.25) is 4.79 Å². The van der Waals surface area contributed by atoms with Gasteiger partial charge in [-0.25, -0.2) is 9.97 Å². The second-order valence-corrected chi connectivity index (χ2v) is 7.73. The maximum Gasteiger partial charge on any atom is 0.223 e. The number of carbonyl (C=O) groups excluding carboxylic acids is 1. The van der Waals surface area contributed by atoms with Crippen LogP contribution in [0.15, 0.2) is 16.5 Å². The van der Waals surface area contributed by atoms with Crippen LogP contribution in [0, 0.1) is 13.8 Å². The van der Waals surface area contributed by atoms with E-state index in [0.29, 0.717) is 25.9 Å². The number of imidazole rings is 1. The highest BCUT2D eigenvalue weighted by Crippen LogP contribution is 2.24. The Hall–Kier alpha value is -2.63. The molecule has 1 amide bonds. The minimum absolute atomic E-state index is 0.142. The summed E-state index contributed by atoms with van der Waals surface area (Å²) in [5.74, 6) is 2.98. The molecule has 0 saturated heterocycles. The number of nitrogens with one attached hydrogen (secondary N) is 1. The number of amides is 1. The third-order valence-corrected chi connectivity index (χ3v) is 5.39. The van der Waals surface area contributed by atoms with Crippen molar-refractivity contribution in [1.29, 1.82) is 0 Å². The third-order valence-electron chi connectivity index (χ3n) is 5.39. The molecule has 3 heterocycles. The van der Waals surface area contributed by atoms with Gasteiger partial charge in [0, 0.05) is 31.7 Å². The minimum Gasteiger partial charge on any atom is -0.445 e. The zero-order valence-electron chi connectivity index (χ0n) is 16.4. The second kappa shape index (κ2) is 6.83. The zero-order valence-corrected chi connectivity index (χ0v) is 16.4. The Morgan fingerprint density at radius 1 is 1.30 bits per heavy atom. The number of oxazole rings is 1. The quantitative estimate of drug-likeness (QED) is 0.762. The molecule has 1 aliphatic rings. The maximum absolute atomic E-state index is 12.7. The van der Waals surface area contributed by atoms with E-state index in [0.717, 1.165) is 40.6 Å². The Balaban J connectivity index is 1.42. The van der Waals surface area contributed by atoms with Gasteiger partial charge in [-0.05, 0) is 31.0 Å². The van der Waals surface area contributed by atoms with Crippen molar-refractivity contribution in [2.75, 3.05) is 6.54 Å². The standard InChI is InChI=1S/C21H26N4O2/c1-12(2)21-23-16-11-25(10-9-17(16)27-21)19(26)8-7-18-22-15-6-5-13(3)14(4)20(15)24-18/h5-6,12H,7-11H2,1-4H3,(H,22,24). The first kappa shape index (κ1) is 17.8. The maximum atomic E-state index is 12.7. The van der Waals surface area contributed by atoms with E-state index in [1.807, 2.05) is 4.90 Å². The number of H-pyrrole nitrogens is 1. The number of aromatic nitrogens is 3. The van der Waals surface area contributed by atoms with E-state index < -0.39 is 0 Å². The van der Waals surface area contributed by atoms with Crippen molar-refractivity contribution in [3.8, 4) is 0 Å². The largest absolute Gasteiger partial charge is 0.445 e. The molecule has 0 aliphatic carbocycles. The van der Waals surface area contributed by atoms with Crippen molar-refractivity contribution in [2.24, 2.45) is 0 Å². The normalized spacial score (nSPS) is 14.2. The van der Waals surface area contributed by atoms with Gasteiger partial charge in [0.15, 0.2) is 5.89 Å². The molecule has 142 valence electrons. The summed E-state index contributed by atoms with van der Waals surface area (Å²) in [4.78, 5) is 27.2. The summed E-state index contributed by atoms with van der Waals surface area (Å²) in [6, 6.07) is 4.15. The van der Waals surface area contributed by atoms with Gasteiger partial charge in [0.1, 0.15) is 17.3 Å². The molecular weight excluding hydrogens is 340 g/mol. The Bertz CT molecular complexity index is 999. The fourth-order valence-electron chi connectivity index (χ4n) is 3.54. The van der Waals surface area contributed by atoms with Crippen LogP contribution in [0.25, 0.3) is 11.0 Å². The Morgan fingerprint density at radius 3 is 2.89 bits per heavy atom. The molecule has 2 aromatic heterocycles. The number of hydrogen-bond acceptors (Lipinski definition) is 4. The number of fused-ring (bicyclic) bond motifs is 2. The smallest absolute Gasteiger partial charge is 0.223 e. The number of benzene rings is 1. The van der Waals surface area contributed by atoms with E-state index in [-0.39, 0.29) is 11.8 Å². The van der Waals surface area contributed by atoms with Crippen molar-refractivity contribution in [3.05, 3.63) is 46.4 Å². The third kappa shape index (κ3) is 3.36. The second-order valence-electron chi connectivity index (χ2n) is 7.73. The molecule has 0 fully saturated rings. The van der Waals surface area contributed by atoms with Crippen LogP contribution in [0.3, 0.4) is 0 Å². The molecule has 0 radical (unpaired) electrons. The molecule has 3 aromatic rings. The van der Waals surface area contributed by atoms with Crippen LogP contribution in [0.1, 0.15) is 60.5 Å². The highest BCUT2D eigenvalue weighted by Gasteiger charge is 2.26. The van der Waals surface area contributed by atoms with Crippen LogP contribution in [-0.2, 0) is 24.2 Å². The van der Waals surface area contributed by atoms with Crippen molar-refractivity contribution in [3.63, 3.8) is 0 Å². The predicted molar refractivity (Wildman–Crippen MR) is 104 cm³/mol. The lowest BCUT2D eigenvalue weighted by atomic mass is 10.1. The van der Waals surface area contributed by atoms with E-state index >= 15 is 0 Å².